The molecule has 18 heavy (non-hydrogen) atoms. The van der Waals surface area contributed by atoms with Crippen molar-refractivity contribution in [2.75, 3.05) is 20.3 Å². The smallest absolute Gasteiger partial charge is 0.294 e. The fourth-order valence-corrected chi connectivity index (χ4v) is 2.50. The molecule has 1 fully saturated rings. The van der Waals surface area contributed by atoms with Crippen LogP contribution in [0.25, 0.3) is 0 Å². The second-order valence-electron chi connectivity index (χ2n) is 4.31. The van der Waals surface area contributed by atoms with Crippen molar-refractivity contribution in [1.29, 1.82) is 0 Å². The van der Waals surface area contributed by atoms with Crippen LogP contribution in [0.2, 0.25) is 0 Å². The molecular weight excluding hydrogens is 252 g/mol. The Morgan fingerprint density at radius 2 is 2.50 bits per heavy atom. The number of ether oxygens (including phenoxy) is 1. The predicted molar refractivity (Wildman–Crippen MR) is 69.1 cm³/mol. The summed E-state index contributed by atoms with van der Waals surface area (Å²) < 4.78 is 5.11. The molecule has 0 aliphatic heterocycles. The van der Waals surface area contributed by atoms with Crippen molar-refractivity contribution in [3.05, 3.63) is 16.1 Å². The molecular formula is C11H18N4O2S. The Morgan fingerprint density at radius 3 is 3.11 bits per heavy atom. The average molecular weight is 270 g/mol. The Bertz CT molecular complexity index is 406. The zero-order chi connectivity index (χ0) is 13.0. The summed E-state index contributed by atoms with van der Waals surface area (Å²) in [7, 11) is 1.71. The fourth-order valence-electron chi connectivity index (χ4n) is 1.79. The lowest BCUT2D eigenvalue weighted by molar-refractivity contribution is 0.0952. The van der Waals surface area contributed by atoms with Crippen molar-refractivity contribution in [2.24, 2.45) is 5.84 Å². The molecule has 0 atom stereocenters. The van der Waals surface area contributed by atoms with Gasteiger partial charge in [-0.25, -0.2) is 10.8 Å². The van der Waals surface area contributed by atoms with Crippen molar-refractivity contribution in [2.45, 2.75) is 25.4 Å². The van der Waals surface area contributed by atoms with Crippen molar-refractivity contribution in [3.63, 3.8) is 0 Å². The molecule has 1 saturated carbocycles. The highest BCUT2D eigenvalue weighted by Gasteiger charge is 2.29. The van der Waals surface area contributed by atoms with Crippen LogP contribution >= 0.6 is 11.3 Å². The van der Waals surface area contributed by atoms with Crippen molar-refractivity contribution in [3.8, 4) is 0 Å². The second kappa shape index (κ2) is 6.24. The van der Waals surface area contributed by atoms with Crippen molar-refractivity contribution in [1.82, 2.24) is 15.3 Å². The number of hydrazine groups is 1. The SMILES string of the molecule is COCCN(Cc1csc(C(=O)NN)n1)C1CC1. The first-order valence-electron chi connectivity index (χ1n) is 5.93. The summed E-state index contributed by atoms with van der Waals surface area (Å²) in [6, 6.07) is 0.647. The molecule has 1 heterocycles. The molecule has 7 heteroatoms. The Labute approximate surface area is 110 Å². The van der Waals surface area contributed by atoms with E-state index in [-0.39, 0.29) is 5.91 Å². The van der Waals surface area contributed by atoms with E-state index in [0.717, 1.165) is 25.4 Å². The van der Waals surface area contributed by atoms with Gasteiger partial charge in [-0.05, 0) is 12.8 Å². The molecule has 1 aliphatic carbocycles. The van der Waals surface area contributed by atoms with E-state index in [4.69, 9.17) is 10.6 Å². The zero-order valence-electron chi connectivity index (χ0n) is 10.4. The molecule has 0 saturated heterocycles. The molecule has 0 unspecified atom stereocenters. The number of nitrogens with one attached hydrogen (secondary N) is 1. The van der Waals surface area contributed by atoms with Gasteiger partial charge in [0.25, 0.3) is 5.91 Å². The van der Waals surface area contributed by atoms with Gasteiger partial charge < -0.3 is 4.74 Å². The normalized spacial score (nSPS) is 15.1. The maximum absolute atomic E-state index is 11.3. The predicted octanol–water partition coefficient (Wildman–Crippen LogP) is 0.357. The van der Waals surface area contributed by atoms with E-state index in [0.29, 0.717) is 11.0 Å². The third-order valence-electron chi connectivity index (χ3n) is 2.89. The number of hydrogen-bond acceptors (Lipinski definition) is 6. The monoisotopic (exact) mass is 270 g/mol. The number of rotatable bonds is 7. The summed E-state index contributed by atoms with van der Waals surface area (Å²) >= 11 is 1.32. The third kappa shape index (κ3) is 3.49. The minimum atomic E-state index is -0.332. The van der Waals surface area contributed by atoms with E-state index in [2.05, 4.69) is 15.3 Å². The minimum absolute atomic E-state index is 0.332. The standard InChI is InChI=1S/C11H18N4O2S/c1-17-5-4-15(9-2-3-9)6-8-7-18-11(13-8)10(16)14-12/h7,9H,2-6,12H2,1H3,(H,14,16). The second-order valence-corrected chi connectivity index (χ2v) is 5.17. The minimum Gasteiger partial charge on any atom is -0.383 e. The molecule has 0 radical (unpaired) electrons. The molecule has 0 spiro atoms. The van der Waals surface area contributed by atoms with Crippen molar-refractivity contribution >= 4 is 17.2 Å². The van der Waals surface area contributed by atoms with Crippen LogP contribution in [0, 0.1) is 0 Å². The Balaban J connectivity index is 1.93. The number of methoxy groups -OCH3 is 1. The van der Waals surface area contributed by atoms with E-state index in [1.807, 2.05) is 5.38 Å². The van der Waals surface area contributed by atoms with Gasteiger partial charge in [-0.15, -0.1) is 11.3 Å². The van der Waals surface area contributed by atoms with Gasteiger partial charge in [-0.1, -0.05) is 0 Å². The van der Waals surface area contributed by atoms with E-state index >= 15 is 0 Å². The Kier molecular flexibility index (Phi) is 4.65. The first-order chi connectivity index (χ1) is 8.74. The molecule has 0 bridgehead atoms. The maximum atomic E-state index is 11.3. The van der Waals surface area contributed by atoms with Gasteiger partial charge >= 0.3 is 0 Å². The number of aromatic nitrogens is 1. The van der Waals surface area contributed by atoms with E-state index in [1.54, 1.807) is 7.11 Å². The Hall–Kier alpha value is -1.02. The van der Waals surface area contributed by atoms with E-state index in [1.165, 1.54) is 24.2 Å². The number of thiazole rings is 1. The lowest BCUT2D eigenvalue weighted by Crippen LogP contribution is -2.30. The zero-order valence-corrected chi connectivity index (χ0v) is 11.2. The molecule has 6 nitrogen and oxygen atoms in total. The van der Waals surface area contributed by atoms with Crippen LogP contribution in [0.5, 0.6) is 0 Å². The summed E-state index contributed by atoms with van der Waals surface area (Å²) in [6.45, 7) is 2.39. The molecule has 3 N–H and O–H groups in total. The van der Waals surface area contributed by atoms with Crippen LogP contribution < -0.4 is 11.3 Å². The highest BCUT2D eigenvalue weighted by Crippen LogP contribution is 2.28. The van der Waals surface area contributed by atoms with Crippen LogP contribution in [0.15, 0.2) is 5.38 Å². The first-order valence-corrected chi connectivity index (χ1v) is 6.81. The topological polar surface area (TPSA) is 80.5 Å². The summed E-state index contributed by atoms with van der Waals surface area (Å²) in [6.07, 6.45) is 2.48. The molecule has 100 valence electrons. The van der Waals surface area contributed by atoms with E-state index < -0.39 is 0 Å². The molecule has 2 rings (SSSR count). The van der Waals surface area contributed by atoms with Crippen LogP contribution in [0.4, 0.5) is 0 Å². The van der Waals surface area contributed by atoms with E-state index in [9.17, 15) is 4.79 Å². The number of nitrogens with two attached hydrogens (primary N) is 1. The van der Waals surface area contributed by atoms with Crippen molar-refractivity contribution < 1.29 is 9.53 Å². The van der Waals surface area contributed by atoms with Gasteiger partial charge in [0.2, 0.25) is 0 Å². The largest absolute Gasteiger partial charge is 0.383 e. The number of nitrogen functional groups attached to an aromatic ring is 1. The van der Waals surface area contributed by atoms with Crippen LogP contribution in [-0.4, -0.2) is 42.1 Å². The Morgan fingerprint density at radius 1 is 1.72 bits per heavy atom. The summed E-state index contributed by atoms with van der Waals surface area (Å²) in [4.78, 5) is 17.9. The number of carbonyl (C=O) groups excluding carboxylic acids is 1. The van der Waals surface area contributed by atoms with Crippen LogP contribution in [0.1, 0.15) is 28.3 Å². The quantitative estimate of drug-likeness (QED) is 0.425. The number of carbonyl (C=O) groups is 1. The summed E-state index contributed by atoms with van der Waals surface area (Å²) in [5.74, 6) is 4.75. The summed E-state index contributed by atoms with van der Waals surface area (Å²) in [5, 5.41) is 2.32. The third-order valence-corrected chi connectivity index (χ3v) is 3.78. The highest BCUT2D eigenvalue weighted by atomic mass is 32.1. The number of nitrogens with zero attached hydrogens (tertiary/aromatic N) is 2. The molecule has 1 aromatic heterocycles. The molecule has 0 aromatic carbocycles. The highest BCUT2D eigenvalue weighted by molar-refractivity contribution is 7.11. The van der Waals surface area contributed by atoms with Gasteiger partial charge in [0.05, 0.1) is 12.3 Å². The molecule has 1 aromatic rings. The first kappa shape index (κ1) is 13.4. The molecule has 1 amide bonds. The van der Waals surface area contributed by atoms with Crippen LogP contribution in [0.3, 0.4) is 0 Å². The van der Waals surface area contributed by atoms with Gasteiger partial charge in [-0.2, -0.15) is 0 Å². The van der Waals surface area contributed by atoms with Gasteiger partial charge in [0, 0.05) is 31.6 Å². The number of hydrogen-bond donors (Lipinski definition) is 2. The van der Waals surface area contributed by atoms with Gasteiger partial charge in [0.15, 0.2) is 5.01 Å². The van der Waals surface area contributed by atoms with Gasteiger partial charge in [0.1, 0.15) is 0 Å². The fraction of sp³-hybridized carbons (Fsp3) is 0.636. The molecule has 1 aliphatic rings. The average Bonchev–Trinajstić information content (AvgIpc) is 3.13. The lowest BCUT2D eigenvalue weighted by Gasteiger charge is -2.20. The number of amides is 1. The summed E-state index contributed by atoms with van der Waals surface area (Å²) in [5.41, 5.74) is 3.01. The van der Waals surface area contributed by atoms with Gasteiger partial charge in [-0.3, -0.25) is 15.1 Å². The van der Waals surface area contributed by atoms with Crippen LogP contribution in [-0.2, 0) is 11.3 Å². The lowest BCUT2D eigenvalue weighted by atomic mass is 10.4. The maximum Gasteiger partial charge on any atom is 0.294 e.